The first-order valence-electron chi connectivity index (χ1n) is 23.3. The summed E-state index contributed by atoms with van der Waals surface area (Å²) in [6.45, 7) is 10.6. The number of nitrogens with zero attached hydrogens (tertiary/aromatic N) is 1. The Bertz CT molecular complexity index is 1530. The minimum atomic E-state index is -1.08. The zero-order valence-corrected chi connectivity index (χ0v) is 38.4. The lowest BCUT2D eigenvalue weighted by molar-refractivity contribution is -0.145. The number of fused-ring (bicyclic) bond motifs is 1. The summed E-state index contributed by atoms with van der Waals surface area (Å²) in [4.78, 5) is 75.3. The van der Waals surface area contributed by atoms with Gasteiger partial charge in [-0.3, -0.25) is 39.0 Å². The minimum Gasteiger partial charge on any atom is -0.463 e. The van der Waals surface area contributed by atoms with E-state index in [0.717, 1.165) is 30.6 Å². The molecule has 0 aromatic heterocycles. The van der Waals surface area contributed by atoms with Gasteiger partial charge in [0, 0.05) is 25.9 Å². The highest BCUT2D eigenvalue weighted by Crippen LogP contribution is 2.32. The number of imide groups is 2. The second kappa shape index (κ2) is 36.2. The first-order chi connectivity index (χ1) is 31.8. The zero-order valence-electron chi connectivity index (χ0n) is 38.4. The van der Waals surface area contributed by atoms with Gasteiger partial charge in [-0.05, 0) is 37.8 Å². The molecule has 2 heterocycles. The van der Waals surface area contributed by atoms with Crippen molar-refractivity contribution in [2.75, 3.05) is 131 Å². The monoisotopic (exact) mass is 923 g/mol. The van der Waals surface area contributed by atoms with Crippen molar-refractivity contribution in [3.05, 3.63) is 29.3 Å². The van der Waals surface area contributed by atoms with E-state index in [4.69, 9.17) is 47.4 Å². The molecule has 65 heavy (non-hydrogen) atoms. The number of hydrogen-bond acceptors (Lipinski definition) is 16. The fourth-order valence-corrected chi connectivity index (χ4v) is 6.70. The molecule has 368 valence electrons. The molecule has 0 saturated carbocycles. The molecule has 2 aliphatic heterocycles. The Morgan fingerprint density at radius 1 is 0.569 bits per heavy atom. The van der Waals surface area contributed by atoms with Crippen LogP contribution in [-0.2, 0) is 66.5 Å². The van der Waals surface area contributed by atoms with Gasteiger partial charge in [0.1, 0.15) is 12.6 Å². The lowest BCUT2D eigenvalue weighted by Crippen LogP contribution is -2.54. The van der Waals surface area contributed by atoms with E-state index in [1.807, 2.05) is 0 Å². The molecule has 0 spiro atoms. The van der Waals surface area contributed by atoms with Crippen molar-refractivity contribution in [1.29, 1.82) is 0 Å². The van der Waals surface area contributed by atoms with Crippen molar-refractivity contribution in [3.63, 3.8) is 0 Å². The largest absolute Gasteiger partial charge is 0.463 e. The lowest BCUT2D eigenvalue weighted by Gasteiger charge is -2.27. The number of carbonyl (C=O) groups is 6. The number of nitrogens with one attached hydrogen (secondary N) is 2. The van der Waals surface area contributed by atoms with Crippen molar-refractivity contribution >= 4 is 41.2 Å². The highest BCUT2D eigenvalue weighted by Gasteiger charge is 2.45. The molecular formula is C46H73N3O16. The van der Waals surface area contributed by atoms with Crippen molar-refractivity contribution in [1.82, 2.24) is 10.2 Å². The number of hydrogen-bond donors (Lipinski definition) is 2. The fourth-order valence-electron chi connectivity index (χ4n) is 6.70. The van der Waals surface area contributed by atoms with Gasteiger partial charge in [0.05, 0.1) is 129 Å². The molecule has 0 bridgehead atoms. The van der Waals surface area contributed by atoms with Crippen molar-refractivity contribution < 1.29 is 76.1 Å². The van der Waals surface area contributed by atoms with Gasteiger partial charge in [-0.15, -0.1) is 0 Å². The van der Waals surface area contributed by atoms with E-state index in [1.54, 1.807) is 12.1 Å². The van der Waals surface area contributed by atoms with Crippen LogP contribution in [0, 0.1) is 0 Å². The second-order valence-corrected chi connectivity index (χ2v) is 15.3. The summed E-state index contributed by atoms with van der Waals surface area (Å²) in [5, 5.41) is 4.91. The summed E-state index contributed by atoms with van der Waals surface area (Å²) >= 11 is 0. The van der Waals surface area contributed by atoms with Crippen LogP contribution in [0.5, 0.6) is 0 Å². The molecule has 19 nitrogen and oxygen atoms in total. The molecule has 19 heteroatoms. The van der Waals surface area contributed by atoms with Gasteiger partial charge in [-0.1, -0.05) is 51.5 Å². The number of rotatable bonds is 42. The third kappa shape index (κ3) is 24.4. The average molecular weight is 924 g/mol. The molecular weight excluding hydrogens is 851 g/mol. The Morgan fingerprint density at radius 2 is 1.03 bits per heavy atom. The van der Waals surface area contributed by atoms with E-state index in [9.17, 15) is 28.8 Å². The Hall–Kier alpha value is -3.92. The SMILES string of the molecule is CCCCCCCCC(=O)OCCOCCOCCOCCOCCOCCOCCOCCOCCOCCCCCC(=O)Nc1cccc2c1C(=O)N(C1CCC(=O)NC1=O)C2=O. The number of anilines is 1. The topological polar surface area (TPSA) is 222 Å². The molecule has 1 aromatic carbocycles. The van der Waals surface area contributed by atoms with Crippen molar-refractivity contribution in [2.24, 2.45) is 0 Å². The number of esters is 1. The van der Waals surface area contributed by atoms with Crippen molar-refractivity contribution in [3.8, 4) is 0 Å². The maximum Gasteiger partial charge on any atom is 0.305 e. The van der Waals surface area contributed by atoms with Gasteiger partial charge >= 0.3 is 5.97 Å². The van der Waals surface area contributed by atoms with E-state index >= 15 is 0 Å². The standard InChI is InChI=1S/C46H73N3O16/c1-2-3-4-5-6-9-15-42(52)65-36-35-64-34-33-63-32-31-62-30-29-61-28-27-60-26-25-59-24-23-58-22-21-57-20-19-56-18-10-7-8-14-40(50)47-38-13-11-12-37-43(38)46(55)49(45(37)54)39-16-17-41(51)48-44(39)53/h11-13,39H,2-10,14-36H2,1H3,(H,47,50)(H,48,51,53). The summed E-state index contributed by atoms with van der Waals surface area (Å²) in [5.41, 5.74) is 0.375. The summed E-state index contributed by atoms with van der Waals surface area (Å²) in [6, 6.07) is 3.52. The van der Waals surface area contributed by atoms with E-state index in [2.05, 4.69) is 17.6 Å². The van der Waals surface area contributed by atoms with Crippen molar-refractivity contribution in [2.45, 2.75) is 96.4 Å². The number of piperidine rings is 1. The Kier molecular flexibility index (Phi) is 30.9. The average Bonchev–Trinajstić information content (AvgIpc) is 3.55. The van der Waals surface area contributed by atoms with E-state index in [-0.39, 0.29) is 54.6 Å². The van der Waals surface area contributed by atoms with Crippen LogP contribution >= 0.6 is 0 Å². The van der Waals surface area contributed by atoms with Crippen LogP contribution < -0.4 is 10.6 Å². The van der Waals surface area contributed by atoms with Crippen LogP contribution in [0.4, 0.5) is 5.69 Å². The third-order valence-corrected chi connectivity index (χ3v) is 10.1. The van der Waals surface area contributed by atoms with Gasteiger partial charge in [-0.2, -0.15) is 0 Å². The number of benzene rings is 1. The first kappa shape index (κ1) is 55.4. The lowest BCUT2D eigenvalue weighted by atomic mass is 10.0. The smallest absolute Gasteiger partial charge is 0.305 e. The number of unbranched alkanes of at least 4 members (excludes halogenated alkanes) is 7. The molecule has 0 aliphatic carbocycles. The normalized spacial score (nSPS) is 14.8. The highest BCUT2D eigenvalue weighted by atomic mass is 16.6. The van der Waals surface area contributed by atoms with Crippen LogP contribution in [0.1, 0.15) is 111 Å². The molecule has 1 atom stereocenters. The van der Waals surface area contributed by atoms with E-state index in [1.165, 1.54) is 31.7 Å². The van der Waals surface area contributed by atoms with Gasteiger partial charge in [0.15, 0.2) is 0 Å². The van der Waals surface area contributed by atoms with Crippen LogP contribution in [-0.4, -0.2) is 172 Å². The Balaban J connectivity index is 0.980. The maximum absolute atomic E-state index is 13.2. The molecule has 1 aromatic rings. The molecule has 1 unspecified atom stereocenters. The van der Waals surface area contributed by atoms with E-state index < -0.39 is 29.7 Å². The molecule has 1 saturated heterocycles. The Morgan fingerprint density at radius 3 is 1.55 bits per heavy atom. The third-order valence-electron chi connectivity index (χ3n) is 10.1. The zero-order chi connectivity index (χ0) is 46.6. The predicted molar refractivity (Wildman–Crippen MR) is 237 cm³/mol. The van der Waals surface area contributed by atoms with Crippen LogP contribution in [0.25, 0.3) is 0 Å². The van der Waals surface area contributed by atoms with Gasteiger partial charge in [-0.25, -0.2) is 0 Å². The predicted octanol–water partition coefficient (Wildman–Crippen LogP) is 4.03. The van der Waals surface area contributed by atoms with E-state index in [0.29, 0.717) is 132 Å². The molecule has 5 amide bonds. The molecule has 2 N–H and O–H groups in total. The van der Waals surface area contributed by atoms with Gasteiger partial charge in [0.2, 0.25) is 17.7 Å². The fraction of sp³-hybridized carbons (Fsp3) is 0.739. The summed E-state index contributed by atoms with van der Waals surface area (Å²) < 4.78 is 54.7. The number of amides is 5. The Labute approximate surface area is 383 Å². The molecule has 2 aliphatic rings. The molecule has 1 fully saturated rings. The second-order valence-electron chi connectivity index (χ2n) is 15.3. The molecule has 3 rings (SSSR count). The van der Waals surface area contributed by atoms with Gasteiger partial charge in [0.25, 0.3) is 11.8 Å². The van der Waals surface area contributed by atoms with Gasteiger partial charge < -0.3 is 52.7 Å². The maximum atomic E-state index is 13.2. The number of ether oxygens (including phenoxy) is 10. The van der Waals surface area contributed by atoms with Crippen LogP contribution in [0.3, 0.4) is 0 Å². The number of carbonyl (C=O) groups excluding carboxylic acids is 6. The summed E-state index contributed by atoms with van der Waals surface area (Å²) in [6.07, 6.45) is 9.76. The minimum absolute atomic E-state index is 0.0259. The van der Waals surface area contributed by atoms with Crippen LogP contribution in [0.2, 0.25) is 0 Å². The van der Waals surface area contributed by atoms with Crippen LogP contribution in [0.15, 0.2) is 18.2 Å². The highest BCUT2D eigenvalue weighted by molar-refractivity contribution is 6.26. The molecule has 0 radical (unpaired) electrons. The summed E-state index contributed by atoms with van der Waals surface area (Å²) in [7, 11) is 0. The first-order valence-corrected chi connectivity index (χ1v) is 23.3. The quantitative estimate of drug-likeness (QED) is 0.0537. The summed E-state index contributed by atoms with van der Waals surface area (Å²) in [5.74, 6) is -2.88.